The first-order chi connectivity index (χ1) is 12.0. The van der Waals surface area contributed by atoms with E-state index in [1.54, 1.807) is 11.9 Å². The van der Waals surface area contributed by atoms with Gasteiger partial charge in [-0.05, 0) is 31.9 Å². The Bertz CT molecular complexity index is 718. The summed E-state index contributed by atoms with van der Waals surface area (Å²) in [4.78, 5) is 13.9. The lowest BCUT2D eigenvalue weighted by molar-refractivity contribution is -0.133. The van der Waals surface area contributed by atoms with Crippen LogP contribution >= 0.6 is 0 Å². The number of aromatic nitrogens is 2. The maximum Gasteiger partial charge on any atom is 0.247 e. The largest absolute Gasteiger partial charge is 0.421 e. The molecule has 2 aromatic rings. The number of nitrogens with zero attached hydrogens (tertiary/aromatic N) is 3. The molecule has 0 atom stereocenters. The summed E-state index contributed by atoms with van der Waals surface area (Å²) >= 11 is 0. The van der Waals surface area contributed by atoms with Gasteiger partial charge < -0.3 is 14.4 Å². The summed E-state index contributed by atoms with van der Waals surface area (Å²) in [6.45, 7) is 2.41. The molecule has 0 spiro atoms. The lowest BCUT2D eigenvalue weighted by atomic mass is 10.0. The van der Waals surface area contributed by atoms with Crippen molar-refractivity contribution in [3.8, 4) is 11.5 Å². The Balaban J connectivity index is 1.53. The molecule has 1 aromatic carbocycles. The van der Waals surface area contributed by atoms with Crippen molar-refractivity contribution in [2.75, 3.05) is 13.6 Å². The minimum Gasteiger partial charge on any atom is -0.421 e. The van der Waals surface area contributed by atoms with E-state index in [4.69, 9.17) is 4.42 Å². The molecule has 1 fully saturated rings. The molecule has 1 amide bonds. The predicted octanol–water partition coefficient (Wildman–Crippen LogP) is 2.74. The molecule has 0 radical (unpaired) electrons. The van der Waals surface area contributed by atoms with Gasteiger partial charge in [0.05, 0.1) is 5.60 Å². The molecule has 1 heterocycles. The molecule has 0 saturated heterocycles. The van der Waals surface area contributed by atoms with Crippen LogP contribution in [0.5, 0.6) is 0 Å². The number of aliphatic hydroxyl groups is 1. The van der Waals surface area contributed by atoms with E-state index in [-0.39, 0.29) is 5.91 Å². The molecule has 0 aliphatic heterocycles. The average molecular weight is 343 g/mol. The number of hydrogen-bond donors (Lipinski definition) is 1. The van der Waals surface area contributed by atoms with E-state index in [0.717, 1.165) is 31.2 Å². The van der Waals surface area contributed by atoms with Crippen molar-refractivity contribution in [1.82, 2.24) is 15.1 Å². The Labute approximate surface area is 147 Å². The summed E-state index contributed by atoms with van der Waals surface area (Å²) in [7, 11) is 1.74. The highest BCUT2D eigenvalue weighted by molar-refractivity contribution is 5.76. The summed E-state index contributed by atoms with van der Waals surface area (Å²) in [6, 6.07) is 7.86. The van der Waals surface area contributed by atoms with Crippen molar-refractivity contribution >= 4 is 5.91 Å². The van der Waals surface area contributed by atoms with E-state index in [2.05, 4.69) is 10.2 Å². The average Bonchev–Trinajstić information content (AvgIpc) is 3.22. The van der Waals surface area contributed by atoms with Gasteiger partial charge >= 0.3 is 0 Å². The summed E-state index contributed by atoms with van der Waals surface area (Å²) in [5, 5.41) is 18.5. The third-order valence-corrected chi connectivity index (χ3v) is 4.81. The van der Waals surface area contributed by atoms with Crippen LogP contribution in [0.15, 0.2) is 28.7 Å². The van der Waals surface area contributed by atoms with Gasteiger partial charge in [0.15, 0.2) is 0 Å². The van der Waals surface area contributed by atoms with Crippen LogP contribution in [0, 0.1) is 6.92 Å². The minimum absolute atomic E-state index is 0.0181. The fraction of sp³-hybridized carbons (Fsp3) is 0.526. The van der Waals surface area contributed by atoms with Gasteiger partial charge in [0.25, 0.3) is 0 Å². The molecule has 6 heteroatoms. The highest BCUT2D eigenvalue weighted by Gasteiger charge is 2.33. The lowest BCUT2D eigenvalue weighted by Crippen LogP contribution is -2.42. The smallest absolute Gasteiger partial charge is 0.247 e. The monoisotopic (exact) mass is 343 g/mol. The van der Waals surface area contributed by atoms with Crippen LogP contribution in [0.3, 0.4) is 0 Å². The molecule has 1 aliphatic carbocycles. The summed E-state index contributed by atoms with van der Waals surface area (Å²) in [6.07, 6.45) is 4.30. The van der Waals surface area contributed by atoms with Crippen molar-refractivity contribution in [2.45, 2.75) is 51.0 Å². The molecule has 0 bridgehead atoms. The number of aryl methyl sites for hydroxylation is 2. The molecule has 0 unspecified atom stereocenters. The molecule has 134 valence electrons. The van der Waals surface area contributed by atoms with Gasteiger partial charge in [-0.3, -0.25) is 4.79 Å². The second-order valence-corrected chi connectivity index (χ2v) is 7.05. The summed E-state index contributed by atoms with van der Waals surface area (Å²) < 4.78 is 5.65. The van der Waals surface area contributed by atoms with E-state index in [0.29, 0.717) is 31.2 Å². The Kier molecular flexibility index (Phi) is 5.18. The topological polar surface area (TPSA) is 79.5 Å². The van der Waals surface area contributed by atoms with Crippen LogP contribution in [0.25, 0.3) is 11.5 Å². The normalized spacial score (nSPS) is 16.1. The predicted molar refractivity (Wildman–Crippen MR) is 93.8 cm³/mol. The second kappa shape index (κ2) is 7.35. The third kappa shape index (κ3) is 4.45. The van der Waals surface area contributed by atoms with Crippen LogP contribution in [0.2, 0.25) is 0 Å². The zero-order chi connectivity index (χ0) is 17.9. The maximum absolute atomic E-state index is 12.3. The zero-order valence-electron chi connectivity index (χ0n) is 14.9. The Hall–Kier alpha value is -2.21. The number of hydrogen-bond acceptors (Lipinski definition) is 5. The van der Waals surface area contributed by atoms with Gasteiger partial charge in [-0.1, -0.05) is 30.5 Å². The van der Waals surface area contributed by atoms with E-state index in [1.165, 1.54) is 5.56 Å². The molecule has 6 nitrogen and oxygen atoms in total. The molecule has 1 N–H and O–H groups in total. The number of amides is 1. The Morgan fingerprint density at radius 1 is 1.24 bits per heavy atom. The molecule has 3 rings (SSSR count). The molecule has 1 saturated carbocycles. The lowest BCUT2D eigenvalue weighted by Gasteiger charge is -2.28. The summed E-state index contributed by atoms with van der Waals surface area (Å²) in [5.41, 5.74) is 1.32. The number of rotatable bonds is 6. The van der Waals surface area contributed by atoms with Crippen molar-refractivity contribution in [2.24, 2.45) is 0 Å². The fourth-order valence-corrected chi connectivity index (χ4v) is 3.29. The molecular weight excluding hydrogens is 318 g/mol. The van der Waals surface area contributed by atoms with Gasteiger partial charge in [-0.2, -0.15) is 0 Å². The first-order valence-corrected chi connectivity index (χ1v) is 8.81. The van der Waals surface area contributed by atoms with Crippen LogP contribution in [-0.4, -0.2) is 45.3 Å². The van der Waals surface area contributed by atoms with Crippen molar-refractivity contribution < 1.29 is 14.3 Å². The standard InChI is InChI=1S/C19H25N3O3/c1-14-5-7-15(8-6-14)18-21-20-16(25-18)9-10-17(23)22(2)13-19(24)11-3-4-12-19/h5-8,24H,3-4,9-13H2,1-2H3. The molecular formula is C19H25N3O3. The number of carbonyl (C=O) groups is 1. The van der Waals surface area contributed by atoms with Gasteiger partial charge in [0.2, 0.25) is 17.7 Å². The van der Waals surface area contributed by atoms with Gasteiger partial charge in [0.1, 0.15) is 0 Å². The number of likely N-dealkylation sites (N-methyl/N-ethyl adjacent to an activating group) is 1. The van der Waals surface area contributed by atoms with Crippen molar-refractivity contribution in [1.29, 1.82) is 0 Å². The quantitative estimate of drug-likeness (QED) is 0.872. The molecule has 1 aliphatic rings. The second-order valence-electron chi connectivity index (χ2n) is 7.05. The first kappa shape index (κ1) is 17.6. The number of carbonyl (C=O) groups excluding carboxylic acids is 1. The first-order valence-electron chi connectivity index (χ1n) is 8.81. The van der Waals surface area contributed by atoms with Gasteiger partial charge in [0, 0.05) is 32.0 Å². The molecule has 25 heavy (non-hydrogen) atoms. The van der Waals surface area contributed by atoms with Crippen molar-refractivity contribution in [3.05, 3.63) is 35.7 Å². The van der Waals surface area contributed by atoms with Gasteiger partial charge in [-0.15, -0.1) is 10.2 Å². The Morgan fingerprint density at radius 2 is 1.92 bits per heavy atom. The van der Waals surface area contributed by atoms with Crippen LogP contribution in [-0.2, 0) is 11.2 Å². The SMILES string of the molecule is Cc1ccc(-c2nnc(CCC(=O)N(C)CC3(O)CCCC3)o2)cc1. The molecule has 1 aromatic heterocycles. The highest BCUT2D eigenvalue weighted by Crippen LogP contribution is 2.30. The van der Waals surface area contributed by atoms with Gasteiger partial charge in [-0.25, -0.2) is 0 Å². The van der Waals surface area contributed by atoms with Crippen LogP contribution in [0.1, 0.15) is 43.6 Å². The van der Waals surface area contributed by atoms with E-state index < -0.39 is 5.60 Å². The zero-order valence-corrected chi connectivity index (χ0v) is 14.9. The fourth-order valence-electron chi connectivity index (χ4n) is 3.29. The van der Waals surface area contributed by atoms with Crippen molar-refractivity contribution in [3.63, 3.8) is 0 Å². The van der Waals surface area contributed by atoms with E-state index in [9.17, 15) is 9.90 Å². The van der Waals surface area contributed by atoms with E-state index in [1.807, 2.05) is 31.2 Å². The highest BCUT2D eigenvalue weighted by atomic mass is 16.4. The van der Waals surface area contributed by atoms with E-state index >= 15 is 0 Å². The number of benzene rings is 1. The minimum atomic E-state index is -0.715. The maximum atomic E-state index is 12.3. The Morgan fingerprint density at radius 3 is 2.60 bits per heavy atom. The third-order valence-electron chi connectivity index (χ3n) is 4.81. The summed E-state index contributed by atoms with van der Waals surface area (Å²) in [5.74, 6) is 0.906. The van der Waals surface area contributed by atoms with Crippen LogP contribution in [0.4, 0.5) is 0 Å². The van der Waals surface area contributed by atoms with Crippen LogP contribution < -0.4 is 0 Å².